The van der Waals surface area contributed by atoms with E-state index < -0.39 is 28.6 Å². The fourth-order valence-corrected chi connectivity index (χ4v) is 3.44. The van der Waals surface area contributed by atoms with Gasteiger partial charge in [-0.1, -0.05) is 46.4 Å². The Morgan fingerprint density at radius 2 is 1.46 bits per heavy atom. The van der Waals surface area contributed by atoms with E-state index in [-0.39, 0.29) is 23.1 Å². The molecule has 0 aromatic rings. The van der Waals surface area contributed by atoms with Crippen LogP contribution in [0.15, 0.2) is 0 Å². The molecule has 0 aliphatic heterocycles. The molecule has 0 aromatic heterocycles. The normalized spacial score (nSPS) is 18.7. The number of ether oxygens (including phenoxy) is 1. The van der Waals surface area contributed by atoms with E-state index in [1.165, 1.54) is 0 Å². The summed E-state index contributed by atoms with van der Waals surface area (Å²) in [5.41, 5.74) is 3.69. The fraction of sp³-hybridized carbons (Fsp3) is 0.909. The summed E-state index contributed by atoms with van der Waals surface area (Å²) >= 11 is 0. The summed E-state index contributed by atoms with van der Waals surface area (Å²) < 4.78 is 5.83. The van der Waals surface area contributed by atoms with Crippen molar-refractivity contribution in [2.75, 3.05) is 0 Å². The predicted octanol–water partition coefficient (Wildman–Crippen LogP) is 3.40. The van der Waals surface area contributed by atoms with Crippen molar-refractivity contribution >= 4 is 19.6 Å². The SMILES string of the molecule is BC(C)(CC)CC(C)(C)OC(=O)C(C)(N)CC(NC(C)(C)C)C(=O)C(C)(C)C. The topological polar surface area (TPSA) is 81.4 Å². The van der Waals surface area contributed by atoms with Crippen LogP contribution in [0.2, 0.25) is 5.31 Å². The fourth-order valence-electron chi connectivity index (χ4n) is 3.44. The number of nitrogens with two attached hydrogens (primary N) is 1. The quantitative estimate of drug-likeness (QED) is 0.461. The third-order valence-corrected chi connectivity index (χ3v) is 4.99. The number of hydrogen-bond donors (Lipinski definition) is 2. The van der Waals surface area contributed by atoms with Crippen LogP contribution in [0.4, 0.5) is 0 Å². The third-order valence-electron chi connectivity index (χ3n) is 4.99. The van der Waals surface area contributed by atoms with Crippen LogP contribution < -0.4 is 11.1 Å². The number of carbonyl (C=O) groups excluding carboxylic acids is 2. The monoisotopic (exact) mass is 396 g/mol. The van der Waals surface area contributed by atoms with Crippen molar-refractivity contribution in [3.63, 3.8) is 0 Å². The van der Waals surface area contributed by atoms with Crippen LogP contribution in [-0.4, -0.2) is 42.3 Å². The van der Waals surface area contributed by atoms with Crippen LogP contribution in [0.1, 0.15) is 95.4 Å². The van der Waals surface area contributed by atoms with Crippen molar-refractivity contribution in [1.29, 1.82) is 0 Å². The van der Waals surface area contributed by atoms with Crippen LogP contribution in [0, 0.1) is 5.41 Å². The number of esters is 1. The maximum atomic E-state index is 13.0. The summed E-state index contributed by atoms with van der Waals surface area (Å²) in [5.74, 6) is -0.426. The molecule has 0 spiro atoms. The van der Waals surface area contributed by atoms with Crippen molar-refractivity contribution in [1.82, 2.24) is 5.32 Å². The first-order valence-corrected chi connectivity index (χ1v) is 10.5. The molecule has 28 heavy (non-hydrogen) atoms. The van der Waals surface area contributed by atoms with E-state index in [1.807, 2.05) is 55.4 Å². The van der Waals surface area contributed by atoms with Gasteiger partial charge in [0.2, 0.25) is 0 Å². The molecule has 0 radical (unpaired) electrons. The first-order valence-electron chi connectivity index (χ1n) is 10.5. The molecule has 0 fully saturated rings. The average molecular weight is 396 g/mol. The Kier molecular flexibility index (Phi) is 8.59. The van der Waals surface area contributed by atoms with Gasteiger partial charge in [-0.2, -0.15) is 0 Å². The minimum atomic E-state index is -1.27. The summed E-state index contributed by atoms with van der Waals surface area (Å²) in [7, 11) is 2.16. The number of carbonyl (C=O) groups is 2. The predicted molar refractivity (Wildman–Crippen MR) is 120 cm³/mol. The lowest BCUT2D eigenvalue weighted by Crippen LogP contribution is -2.58. The van der Waals surface area contributed by atoms with Gasteiger partial charge < -0.3 is 15.8 Å². The molecule has 0 heterocycles. The van der Waals surface area contributed by atoms with Crippen LogP contribution in [0.25, 0.3) is 0 Å². The van der Waals surface area contributed by atoms with Crippen molar-refractivity contribution in [3.05, 3.63) is 0 Å². The van der Waals surface area contributed by atoms with E-state index in [2.05, 4.69) is 27.0 Å². The van der Waals surface area contributed by atoms with E-state index in [0.29, 0.717) is 0 Å². The van der Waals surface area contributed by atoms with Gasteiger partial charge in [-0.25, -0.2) is 0 Å². The summed E-state index contributed by atoms with van der Waals surface area (Å²) in [6.07, 6.45) is 1.92. The standard InChI is InChI=1S/C22H45BN2O3/c1-12-21(10,23)14-20(8,9)28-17(27)22(11,24)13-15(25-19(5,6)7)16(26)18(2,3)4/h15,25H,12-14,23-24H2,1-11H3. The Balaban J connectivity index is 5.46. The van der Waals surface area contributed by atoms with Crippen molar-refractivity contribution < 1.29 is 14.3 Å². The van der Waals surface area contributed by atoms with Crippen LogP contribution in [0.5, 0.6) is 0 Å². The van der Waals surface area contributed by atoms with Gasteiger partial charge in [-0.3, -0.25) is 9.59 Å². The van der Waals surface area contributed by atoms with Crippen LogP contribution in [-0.2, 0) is 14.3 Å². The zero-order valence-electron chi connectivity index (χ0n) is 20.5. The van der Waals surface area contributed by atoms with Gasteiger partial charge in [0.05, 0.1) is 6.04 Å². The molecule has 5 nitrogen and oxygen atoms in total. The molecule has 0 saturated heterocycles. The van der Waals surface area contributed by atoms with Crippen LogP contribution >= 0.6 is 0 Å². The molecule has 0 amide bonds. The second-order valence-corrected chi connectivity index (χ2v) is 12.0. The largest absolute Gasteiger partial charge is 0.458 e. The highest BCUT2D eigenvalue weighted by molar-refractivity contribution is 6.14. The van der Waals surface area contributed by atoms with Gasteiger partial charge in [-0.05, 0) is 54.4 Å². The molecule has 0 aromatic carbocycles. The first kappa shape index (κ1) is 27.1. The van der Waals surface area contributed by atoms with Crippen molar-refractivity contribution in [3.8, 4) is 0 Å². The molecule has 0 aliphatic carbocycles. The average Bonchev–Trinajstić information content (AvgIpc) is 2.41. The minimum Gasteiger partial charge on any atom is -0.458 e. The molecule has 0 aliphatic rings. The molecular weight excluding hydrogens is 351 g/mol. The minimum absolute atomic E-state index is 0.0401. The number of hydrogen-bond acceptors (Lipinski definition) is 5. The summed E-state index contributed by atoms with van der Waals surface area (Å²) in [6, 6.07) is -0.530. The van der Waals surface area contributed by atoms with E-state index >= 15 is 0 Å². The Hall–Kier alpha value is -0.875. The van der Waals surface area contributed by atoms with E-state index in [0.717, 1.165) is 12.8 Å². The zero-order valence-corrected chi connectivity index (χ0v) is 20.5. The molecule has 6 heteroatoms. The highest BCUT2D eigenvalue weighted by Gasteiger charge is 2.42. The molecular formula is C22H45BN2O3. The first-order chi connectivity index (χ1) is 12.1. The molecule has 164 valence electrons. The number of Topliss-reactive ketones (excluding diaryl/α,β-unsaturated/α-hetero) is 1. The molecule has 3 unspecified atom stereocenters. The lowest BCUT2D eigenvalue weighted by atomic mass is 9.63. The lowest BCUT2D eigenvalue weighted by Gasteiger charge is -2.38. The van der Waals surface area contributed by atoms with E-state index in [4.69, 9.17) is 10.5 Å². The van der Waals surface area contributed by atoms with Gasteiger partial charge in [-0.15, -0.1) is 0 Å². The summed E-state index contributed by atoms with van der Waals surface area (Å²) in [5, 5.41) is 3.41. The highest BCUT2D eigenvalue weighted by atomic mass is 16.6. The molecule has 3 N–H and O–H groups in total. The highest BCUT2D eigenvalue weighted by Crippen LogP contribution is 2.37. The van der Waals surface area contributed by atoms with Gasteiger partial charge >= 0.3 is 5.97 Å². The van der Waals surface area contributed by atoms with E-state index in [9.17, 15) is 9.59 Å². The molecule has 0 rings (SSSR count). The molecule has 0 saturated carbocycles. The summed E-state index contributed by atoms with van der Waals surface area (Å²) in [4.78, 5) is 25.9. The second-order valence-electron chi connectivity index (χ2n) is 12.0. The lowest BCUT2D eigenvalue weighted by molar-refractivity contribution is -0.164. The Bertz CT molecular complexity index is 555. The Morgan fingerprint density at radius 1 is 1.00 bits per heavy atom. The smallest absolute Gasteiger partial charge is 0.326 e. The Morgan fingerprint density at radius 3 is 1.82 bits per heavy atom. The third kappa shape index (κ3) is 9.55. The summed E-state index contributed by atoms with van der Waals surface area (Å²) in [6.45, 7) is 21.4. The number of rotatable bonds is 9. The second kappa shape index (κ2) is 8.87. The maximum Gasteiger partial charge on any atom is 0.326 e. The molecule has 3 atom stereocenters. The van der Waals surface area contributed by atoms with E-state index in [1.54, 1.807) is 6.92 Å². The van der Waals surface area contributed by atoms with Crippen molar-refractivity contribution in [2.45, 2.75) is 123 Å². The molecule has 0 bridgehead atoms. The zero-order chi connectivity index (χ0) is 22.8. The van der Waals surface area contributed by atoms with Crippen LogP contribution in [0.3, 0.4) is 0 Å². The number of nitrogens with one attached hydrogen (secondary N) is 1. The Labute approximate surface area is 174 Å². The maximum absolute atomic E-state index is 13.0. The number of ketones is 1. The van der Waals surface area contributed by atoms with Gasteiger partial charge in [0.1, 0.15) is 19.0 Å². The van der Waals surface area contributed by atoms with Gasteiger partial charge in [0.15, 0.2) is 5.78 Å². The van der Waals surface area contributed by atoms with Gasteiger partial charge in [0.25, 0.3) is 0 Å². The van der Waals surface area contributed by atoms with Gasteiger partial charge in [0, 0.05) is 11.0 Å². The van der Waals surface area contributed by atoms with Crippen molar-refractivity contribution in [2.24, 2.45) is 11.1 Å².